The Bertz CT molecular complexity index is 214. The molecule has 1 heterocycles. The molecule has 0 unspecified atom stereocenters. The van der Waals surface area contributed by atoms with Crippen LogP contribution in [0.5, 0.6) is 0 Å². The van der Waals surface area contributed by atoms with E-state index in [1.807, 2.05) is 0 Å². The van der Waals surface area contributed by atoms with E-state index >= 15 is 0 Å². The topological polar surface area (TPSA) is 65.9 Å². The van der Waals surface area contributed by atoms with Gasteiger partial charge in [-0.15, -0.1) is 5.10 Å². The van der Waals surface area contributed by atoms with Gasteiger partial charge in [-0.3, -0.25) is 0 Å². The molecule has 0 aromatic carbocycles. The summed E-state index contributed by atoms with van der Waals surface area (Å²) in [6.07, 6.45) is 1.40. The summed E-state index contributed by atoms with van der Waals surface area (Å²) in [5, 5.41) is 16.6. The van der Waals surface area contributed by atoms with Gasteiger partial charge in [-0.25, -0.2) is 0 Å². The Labute approximate surface area is 100 Å². The Hall–Kier alpha value is 0.186. The number of hydrogen-bond acceptors (Lipinski definition) is 4. The minimum absolute atomic E-state index is 0. The van der Waals surface area contributed by atoms with Crippen molar-refractivity contribution in [3.05, 3.63) is 24.0 Å². The fourth-order valence-electron chi connectivity index (χ4n) is 0.410. The zero-order valence-electron chi connectivity index (χ0n) is 5.44. The summed E-state index contributed by atoms with van der Waals surface area (Å²) in [5.41, 5.74) is -0.141. The van der Waals surface area contributed by atoms with Gasteiger partial charge in [-0.1, -0.05) is 0 Å². The molecule has 0 saturated heterocycles. The van der Waals surface area contributed by atoms with Crippen molar-refractivity contribution in [1.29, 1.82) is 0 Å². The van der Waals surface area contributed by atoms with Gasteiger partial charge >= 0.3 is 51.4 Å². The molecule has 0 saturated carbocycles. The Morgan fingerprint density at radius 2 is 2.30 bits per heavy atom. The molecule has 0 aliphatic heterocycles. The first-order valence-electron chi connectivity index (χ1n) is 2.30. The number of hydrogen-bond donors (Lipinski definition) is 0. The number of nitrogens with zero attached hydrogens (tertiary/aromatic N) is 2. The quantitative estimate of drug-likeness (QED) is 0.393. The molecule has 4 nitrogen and oxygen atoms in total. The number of carbonyl (C=O) groups is 1. The molecule has 1 aromatic rings. The first kappa shape index (κ1) is 10.2. The fraction of sp³-hybridized carbons (Fsp3) is 0. The average molecular weight is 162 g/mol. The first-order valence-corrected chi connectivity index (χ1v) is 2.30. The van der Waals surface area contributed by atoms with Crippen LogP contribution in [0.1, 0.15) is 10.5 Å². The summed E-state index contributed by atoms with van der Waals surface area (Å²) in [5.74, 6) is -1.30. The summed E-state index contributed by atoms with van der Waals surface area (Å²) in [4.78, 5) is 9.99. The van der Waals surface area contributed by atoms with Crippen LogP contribution in [-0.4, -0.2) is 16.2 Å². The number of aromatic nitrogens is 2. The molecule has 0 fully saturated rings. The van der Waals surface area contributed by atoms with E-state index in [1.54, 1.807) is 0 Å². The van der Waals surface area contributed by atoms with Crippen molar-refractivity contribution >= 4 is 5.97 Å². The van der Waals surface area contributed by atoms with E-state index in [9.17, 15) is 9.90 Å². The van der Waals surface area contributed by atoms with Crippen LogP contribution >= 0.6 is 0 Å². The van der Waals surface area contributed by atoms with Gasteiger partial charge in [0.25, 0.3) is 0 Å². The molecule has 0 N–H and O–H groups in total. The third-order valence-electron chi connectivity index (χ3n) is 0.781. The molecule has 0 aliphatic rings. The third-order valence-corrected chi connectivity index (χ3v) is 0.781. The van der Waals surface area contributed by atoms with Gasteiger partial charge in [0.1, 0.15) is 5.69 Å². The molecule has 5 heteroatoms. The second kappa shape index (κ2) is 4.92. The fourth-order valence-corrected chi connectivity index (χ4v) is 0.410. The monoisotopic (exact) mass is 162 g/mol. The standard InChI is InChI=1S/C5H4N2O2.K/c8-5(9)4-2-1-3-6-7-4;/h1-3H,(H,8,9);/q;+1/p-1. The normalized spacial score (nSPS) is 8.00. The van der Waals surface area contributed by atoms with Crippen LogP contribution in [0.25, 0.3) is 0 Å². The number of rotatable bonds is 1. The van der Waals surface area contributed by atoms with Crippen LogP contribution in [-0.2, 0) is 0 Å². The molecule has 10 heavy (non-hydrogen) atoms. The molecule has 1 aromatic heterocycles. The minimum Gasteiger partial charge on any atom is -0.543 e. The Morgan fingerprint density at radius 3 is 2.60 bits per heavy atom. The largest absolute Gasteiger partial charge is 1.00 e. The van der Waals surface area contributed by atoms with Gasteiger partial charge in [0.15, 0.2) is 0 Å². The maximum Gasteiger partial charge on any atom is 1.00 e. The van der Waals surface area contributed by atoms with E-state index in [0.717, 1.165) is 0 Å². The van der Waals surface area contributed by atoms with Crippen LogP contribution in [0.4, 0.5) is 0 Å². The van der Waals surface area contributed by atoms with Crippen molar-refractivity contribution < 1.29 is 61.3 Å². The zero-order chi connectivity index (χ0) is 6.69. The smallest absolute Gasteiger partial charge is 0.543 e. The van der Waals surface area contributed by atoms with Crippen LogP contribution < -0.4 is 56.5 Å². The summed E-state index contributed by atoms with van der Waals surface area (Å²) in [7, 11) is 0. The maximum atomic E-state index is 9.99. The predicted molar refractivity (Wildman–Crippen MR) is 26.4 cm³/mol. The van der Waals surface area contributed by atoms with Crippen molar-refractivity contribution in [3.63, 3.8) is 0 Å². The maximum absolute atomic E-state index is 9.99. The minimum atomic E-state index is -1.30. The Kier molecular flexibility index (Phi) is 5.01. The number of carboxylic acid groups (broad SMARTS) is 1. The summed E-state index contributed by atoms with van der Waals surface area (Å²) in [6.45, 7) is 0. The summed E-state index contributed by atoms with van der Waals surface area (Å²) in [6, 6.07) is 2.81. The molecule has 1 rings (SSSR count). The van der Waals surface area contributed by atoms with E-state index in [4.69, 9.17) is 0 Å². The molecule has 0 atom stereocenters. The molecule has 46 valence electrons. The second-order valence-corrected chi connectivity index (χ2v) is 1.40. The molecule has 0 aliphatic carbocycles. The van der Waals surface area contributed by atoms with E-state index in [2.05, 4.69) is 10.2 Å². The summed E-state index contributed by atoms with van der Waals surface area (Å²) >= 11 is 0. The molecule has 0 amide bonds. The van der Waals surface area contributed by atoms with Gasteiger partial charge in [0.05, 0.1) is 5.97 Å². The average Bonchev–Trinajstić information content (AvgIpc) is 1.90. The number of carbonyl (C=O) groups excluding carboxylic acids is 1. The Balaban J connectivity index is 0.000000810. The summed E-state index contributed by atoms with van der Waals surface area (Å²) < 4.78 is 0. The molecule has 0 spiro atoms. The van der Waals surface area contributed by atoms with Crippen LogP contribution in [0, 0.1) is 0 Å². The molecular weight excluding hydrogens is 159 g/mol. The van der Waals surface area contributed by atoms with Crippen molar-refractivity contribution in [2.24, 2.45) is 0 Å². The van der Waals surface area contributed by atoms with Crippen LogP contribution in [0.3, 0.4) is 0 Å². The number of carboxylic acids is 1. The number of aromatic carboxylic acids is 1. The van der Waals surface area contributed by atoms with Gasteiger partial charge < -0.3 is 9.90 Å². The van der Waals surface area contributed by atoms with Gasteiger partial charge in [-0.2, -0.15) is 5.10 Å². The van der Waals surface area contributed by atoms with E-state index < -0.39 is 5.97 Å². The predicted octanol–water partition coefficient (Wildman–Crippen LogP) is -4.16. The van der Waals surface area contributed by atoms with Gasteiger partial charge in [-0.05, 0) is 12.1 Å². The first-order chi connectivity index (χ1) is 4.30. The molecule has 0 bridgehead atoms. The van der Waals surface area contributed by atoms with Gasteiger partial charge in [0, 0.05) is 6.20 Å². The van der Waals surface area contributed by atoms with E-state index in [-0.39, 0.29) is 57.1 Å². The SMILES string of the molecule is O=C([O-])c1cccnn1.[K+]. The van der Waals surface area contributed by atoms with Crippen molar-refractivity contribution in [3.8, 4) is 0 Å². The van der Waals surface area contributed by atoms with E-state index in [1.165, 1.54) is 18.3 Å². The zero-order valence-corrected chi connectivity index (χ0v) is 8.57. The van der Waals surface area contributed by atoms with Gasteiger partial charge in [0.2, 0.25) is 0 Å². The van der Waals surface area contributed by atoms with Crippen molar-refractivity contribution in [1.82, 2.24) is 10.2 Å². The van der Waals surface area contributed by atoms with Crippen LogP contribution in [0.15, 0.2) is 18.3 Å². The van der Waals surface area contributed by atoms with E-state index in [0.29, 0.717) is 0 Å². The second-order valence-electron chi connectivity index (χ2n) is 1.40. The Morgan fingerprint density at radius 1 is 1.60 bits per heavy atom. The van der Waals surface area contributed by atoms with Crippen molar-refractivity contribution in [2.75, 3.05) is 0 Å². The molecule has 0 radical (unpaired) electrons. The van der Waals surface area contributed by atoms with Crippen molar-refractivity contribution in [2.45, 2.75) is 0 Å². The van der Waals surface area contributed by atoms with Crippen LogP contribution in [0.2, 0.25) is 0 Å². The molecular formula is C5H3KN2O2. The third kappa shape index (κ3) is 2.85.